The van der Waals surface area contributed by atoms with Crippen LogP contribution in [-0.2, 0) is 16.0 Å². The topological polar surface area (TPSA) is 26.3 Å². The molecule has 3 aromatic rings. The fraction of sp³-hybridized carbons (Fsp3) is 0.118. The first-order chi connectivity index (χ1) is 9.40. The molecule has 2 nitrogen and oxygen atoms in total. The van der Waals surface area contributed by atoms with Crippen LogP contribution >= 0.6 is 0 Å². The van der Waals surface area contributed by atoms with Crippen molar-refractivity contribution in [1.29, 1.82) is 0 Å². The SMILES string of the molecule is O=COCCc1cc2ccccc2c2ccccc12. The first-order valence-electron chi connectivity index (χ1n) is 6.35. The molecule has 0 aliphatic heterocycles. The lowest BCUT2D eigenvalue weighted by Crippen LogP contribution is -1.97. The molecule has 0 spiro atoms. The van der Waals surface area contributed by atoms with E-state index in [4.69, 9.17) is 4.74 Å². The number of hydrogen-bond acceptors (Lipinski definition) is 2. The van der Waals surface area contributed by atoms with Crippen LogP contribution in [-0.4, -0.2) is 13.1 Å². The van der Waals surface area contributed by atoms with Crippen LogP contribution in [0.1, 0.15) is 5.56 Å². The molecule has 0 atom stereocenters. The van der Waals surface area contributed by atoms with Gasteiger partial charge < -0.3 is 4.74 Å². The Morgan fingerprint density at radius 3 is 2.37 bits per heavy atom. The summed E-state index contributed by atoms with van der Waals surface area (Å²) in [6.07, 6.45) is 0.740. The number of hydrogen-bond donors (Lipinski definition) is 0. The molecule has 0 aliphatic rings. The Labute approximate surface area is 111 Å². The van der Waals surface area contributed by atoms with Crippen molar-refractivity contribution in [1.82, 2.24) is 0 Å². The van der Waals surface area contributed by atoms with E-state index in [0.29, 0.717) is 13.1 Å². The van der Waals surface area contributed by atoms with E-state index in [1.54, 1.807) is 0 Å². The third kappa shape index (κ3) is 2.17. The average Bonchev–Trinajstić information content (AvgIpc) is 2.47. The molecule has 0 heterocycles. The fourth-order valence-corrected chi connectivity index (χ4v) is 2.56. The van der Waals surface area contributed by atoms with Gasteiger partial charge in [0.1, 0.15) is 0 Å². The molecule has 0 fully saturated rings. The zero-order valence-electron chi connectivity index (χ0n) is 10.5. The Hall–Kier alpha value is -2.35. The number of carbonyl (C=O) groups excluding carboxylic acids is 1. The Morgan fingerprint density at radius 2 is 1.58 bits per heavy atom. The molecule has 94 valence electrons. The van der Waals surface area contributed by atoms with Gasteiger partial charge in [-0.2, -0.15) is 0 Å². The van der Waals surface area contributed by atoms with Crippen molar-refractivity contribution in [2.75, 3.05) is 6.61 Å². The predicted molar refractivity (Wildman–Crippen MR) is 77.2 cm³/mol. The van der Waals surface area contributed by atoms with E-state index >= 15 is 0 Å². The van der Waals surface area contributed by atoms with Crippen LogP contribution in [0.4, 0.5) is 0 Å². The summed E-state index contributed by atoms with van der Waals surface area (Å²) in [6.45, 7) is 0.926. The second-order valence-electron chi connectivity index (χ2n) is 4.52. The highest BCUT2D eigenvalue weighted by atomic mass is 16.5. The summed E-state index contributed by atoms with van der Waals surface area (Å²) in [5.41, 5.74) is 1.22. The van der Waals surface area contributed by atoms with Gasteiger partial charge in [0.25, 0.3) is 6.47 Å². The normalized spacial score (nSPS) is 10.7. The molecule has 0 radical (unpaired) electrons. The van der Waals surface area contributed by atoms with Crippen molar-refractivity contribution in [3.8, 4) is 0 Å². The van der Waals surface area contributed by atoms with E-state index in [1.807, 2.05) is 12.1 Å². The maximum absolute atomic E-state index is 10.2. The van der Waals surface area contributed by atoms with Crippen LogP contribution in [0.5, 0.6) is 0 Å². The van der Waals surface area contributed by atoms with Crippen molar-refractivity contribution in [3.63, 3.8) is 0 Å². The Morgan fingerprint density at radius 1 is 0.895 bits per heavy atom. The maximum atomic E-state index is 10.2. The van der Waals surface area contributed by atoms with E-state index in [2.05, 4.69) is 42.5 Å². The minimum atomic E-state index is 0.422. The molecule has 0 N–H and O–H groups in total. The van der Waals surface area contributed by atoms with Crippen molar-refractivity contribution in [3.05, 3.63) is 60.2 Å². The largest absolute Gasteiger partial charge is 0.468 e. The van der Waals surface area contributed by atoms with Crippen molar-refractivity contribution in [2.24, 2.45) is 0 Å². The minimum absolute atomic E-state index is 0.422. The number of rotatable bonds is 4. The van der Waals surface area contributed by atoms with Crippen molar-refractivity contribution in [2.45, 2.75) is 6.42 Å². The Balaban J connectivity index is 2.20. The second kappa shape index (κ2) is 5.11. The molecule has 0 amide bonds. The highest BCUT2D eigenvalue weighted by Crippen LogP contribution is 2.28. The monoisotopic (exact) mass is 250 g/mol. The summed E-state index contributed by atoms with van der Waals surface area (Å²) in [6, 6.07) is 18.9. The molecule has 2 heteroatoms. The van der Waals surface area contributed by atoms with Gasteiger partial charge in [0.05, 0.1) is 6.61 Å². The molecule has 0 saturated carbocycles. The first kappa shape index (κ1) is 11.7. The summed E-state index contributed by atoms with van der Waals surface area (Å²) < 4.78 is 4.82. The molecular formula is C17H14O2. The van der Waals surface area contributed by atoms with E-state index in [-0.39, 0.29) is 0 Å². The lowest BCUT2D eigenvalue weighted by molar-refractivity contribution is -0.128. The van der Waals surface area contributed by atoms with Crippen LogP contribution < -0.4 is 0 Å². The summed E-state index contributed by atoms with van der Waals surface area (Å²) >= 11 is 0. The third-order valence-electron chi connectivity index (χ3n) is 3.41. The Kier molecular flexibility index (Phi) is 3.15. The molecule has 3 rings (SSSR count). The maximum Gasteiger partial charge on any atom is 0.293 e. The Bertz CT molecular complexity index is 731. The molecular weight excluding hydrogens is 236 g/mol. The quantitative estimate of drug-likeness (QED) is 0.401. The molecule has 0 unspecified atom stereocenters. The molecule has 0 aromatic heterocycles. The van der Waals surface area contributed by atoms with Crippen molar-refractivity contribution >= 4 is 28.0 Å². The van der Waals surface area contributed by atoms with Gasteiger partial charge in [-0.1, -0.05) is 54.6 Å². The van der Waals surface area contributed by atoms with Gasteiger partial charge in [-0.15, -0.1) is 0 Å². The highest BCUT2D eigenvalue weighted by Gasteiger charge is 2.05. The second-order valence-corrected chi connectivity index (χ2v) is 4.52. The smallest absolute Gasteiger partial charge is 0.293 e. The molecule has 3 aromatic carbocycles. The zero-order chi connectivity index (χ0) is 13.1. The first-order valence-corrected chi connectivity index (χ1v) is 6.35. The zero-order valence-corrected chi connectivity index (χ0v) is 10.5. The third-order valence-corrected chi connectivity index (χ3v) is 3.41. The van der Waals surface area contributed by atoms with Gasteiger partial charge in [-0.25, -0.2) is 0 Å². The number of benzene rings is 3. The summed E-state index contributed by atoms with van der Waals surface area (Å²) in [5.74, 6) is 0. The van der Waals surface area contributed by atoms with E-state index in [1.165, 1.54) is 27.1 Å². The molecule has 0 saturated heterocycles. The molecule has 0 bridgehead atoms. The van der Waals surface area contributed by atoms with E-state index < -0.39 is 0 Å². The van der Waals surface area contributed by atoms with Crippen LogP contribution in [0.25, 0.3) is 21.5 Å². The van der Waals surface area contributed by atoms with Gasteiger partial charge in [0.15, 0.2) is 0 Å². The highest BCUT2D eigenvalue weighted by molar-refractivity contribution is 6.08. The van der Waals surface area contributed by atoms with Crippen LogP contribution in [0.2, 0.25) is 0 Å². The predicted octanol–water partition coefficient (Wildman–Crippen LogP) is 3.71. The molecule has 19 heavy (non-hydrogen) atoms. The minimum Gasteiger partial charge on any atom is -0.468 e. The van der Waals surface area contributed by atoms with Gasteiger partial charge in [0.2, 0.25) is 0 Å². The number of fused-ring (bicyclic) bond motifs is 3. The van der Waals surface area contributed by atoms with Gasteiger partial charge >= 0.3 is 0 Å². The van der Waals surface area contributed by atoms with E-state index in [0.717, 1.165) is 6.42 Å². The van der Waals surface area contributed by atoms with Gasteiger partial charge in [-0.3, -0.25) is 4.79 Å². The summed E-state index contributed by atoms with van der Waals surface area (Å²) in [5, 5.41) is 4.97. The number of carbonyl (C=O) groups is 1. The summed E-state index contributed by atoms with van der Waals surface area (Å²) in [7, 11) is 0. The number of ether oxygens (including phenoxy) is 1. The van der Waals surface area contributed by atoms with Crippen molar-refractivity contribution < 1.29 is 9.53 Å². The molecule has 0 aliphatic carbocycles. The lowest BCUT2D eigenvalue weighted by atomic mass is 9.96. The summed E-state index contributed by atoms with van der Waals surface area (Å²) in [4.78, 5) is 10.2. The van der Waals surface area contributed by atoms with Gasteiger partial charge in [0, 0.05) is 6.42 Å². The van der Waals surface area contributed by atoms with Gasteiger partial charge in [-0.05, 0) is 27.1 Å². The average molecular weight is 250 g/mol. The lowest BCUT2D eigenvalue weighted by Gasteiger charge is -2.10. The van der Waals surface area contributed by atoms with Crippen LogP contribution in [0, 0.1) is 0 Å². The van der Waals surface area contributed by atoms with Crippen LogP contribution in [0.3, 0.4) is 0 Å². The standard InChI is InChI=1S/C17H14O2/c18-12-19-10-9-14-11-13-5-1-2-6-15(13)17-8-4-3-7-16(14)17/h1-8,11-12H,9-10H2. The van der Waals surface area contributed by atoms with Crippen LogP contribution in [0.15, 0.2) is 54.6 Å². The fourth-order valence-electron chi connectivity index (χ4n) is 2.56. The van der Waals surface area contributed by atoms with E-state index in [9.17, 15) is 4.79 Å².